The molecule has 1 fully saturated rings. The maximum absolute atomic E-state index is 11.6. The number of benzene rings is 1. The highest BCUT2D eigenvalue weighted by Crippen LogP contribution is 2.33. The number of cyclic esters (lactones) is 1. The van der Waals surface area contributed by atoms with Crippen LogP contribution in [0.5, 0.6) is 11.5 Å². The molecule has 156 valence electrons. The zero-order chi connectivity index (χ0) is 19.8. The maximum atomic E-state index is 11.6. The topological polar surface area (TPSA) is 65.0 Å². The van der Waals surface area contributed by atoms with Crippen molar-refractivity contribution in [3.8, 4) is 11.5 Å². The molecular weight excluding hydrogens is 356 g/mol. The molecule has 2 aliphatic rings. The number of fused-ring (bicyclic) bond motifs is 1. The lowest BCUT2D eigenvalue weighted by Gasteiger charge is -2.11. The Kier molecular flexibility index (Phi) is 8.01. The molecule has 1 aromatic carbocycles. The van der Waals surface area contributed by atoms with Crippen LogP contribution in [0.25, 0.3) is 0 Å². The van der Waals surface area contributed by atoms with Crippen LogP contribution in [-0.4, -0.2) is 30.1 Å². The number of carbonyl (C=O) groups excluding carboxylic acids is 1. The first-order chi connectivity index (χ1) is 13.6. The first-order valence-corrected chi connectivity index (χ1v) is 10.9. The van der Waals surface area contributed by atoms with Crippen molar-refractivity contribution in [2.75, 3.05) is 6.79 Å². The van der Waals surface area contributed by atoms with Gasteiger partial charge in [-0.2, -0.15) is 0 Å². The van der Waals surface area contributed by atoms with Crippen LogP contribution in [0.2, 0.25) is 0 Å². The summed E-state index contributed by atoms with van der Waals surface area (Å²) < 4.78 is 15.8. The highest BCUT2D eigenvalue weighted by Gasteiger charge is 2.40. The second-order valence-electron chi connectivity index (χ2n) is 8.15. The van der Waals surface area contributed by atoms with Gasteiger partial charge in [0.15, 0.2) is 11.5 Å². The molecule has 28 heavy (non-hydrogen) atoms. The molecule has 1 N–H and O–H groups in total. The minimum absolute atomic E-state index is 0.222. The Morgan fingerprint density at radius 3 is 2.25 bits per heavy atom. The average Bonchev–Trinajstić information content (AvgIpc) is 3.24. The number of hydrogen-bond donors (Lipinski definition) is 1. The third-order valence-corrected chi connectivity index (χ3v) is 5.92. The Hall–Kier alpha value is -1.75. The number of hydrogen-bond acceptors (Lipinski definition) is 5. The number of aryl methyl sites for hydroxylation is 1. The van der Waals surface area contributed by atoms with E-state index in [1.807, 2.05) is 6.07 Å². The summed E-state index contributed by atoms with van der Waals surface area (Å²) in [5, 5.41) is 9.93. The van der Waals surface area contributed by atoms with Crippen molar-refractivity contribution in [1.82, 2.24) is 0 Å². The molecule has 0 amide bonds. The molecular formula is C23H34O5. The zero-order valence-corrected chi connectivity index (χ0v) is 17.0. The molecule has 3 rings (SSSR count). The fourth-order valence-corrected chi connectivity index (χ4v) is 4.12. The lowest BCUT2D eigenvalue weighted by molar-refractivity contribution is -0.143. The standard InChI is InChI=1S/C23H34O5/c1-17-22(24)19(23(25)28-17)12-10-8-6-4-2-3-5-7-9-11-18-13-14-20-21(15-18)27-16-26-20/h13-15,17,19,22,24H,2-12,16H2,1H3/t17-,19-,22-/m0/s1. The van der Waals surface area contributed by atoms with Crippen LogP contribution in [0.3, 0.4) is 0 Å². The van der Waals surface area contributed by atoms with Gasteiger partial charge in [0.1, 0.15) is 12.2 Å². The average molecular weight is 391 g/mol. The Morgan fingerprint density at radius 2 is 1.57 bits per heavy atom. The van der Waals surface area contributed by atoms with Gasteiger partial charge in [0.05, 0.1) is 5.92 Å². The number of unbranched alkanes of at least 4 members (excludes halogenated alkanes) is 8. The van der Waals surface area contributed by atoms with Crippen LogP contribution in [0.15, 0.2) is 18.2 Å². The molecule has 0 radical (unpaired) electrons. The van der Waals surface area contributed by atoms with E-state index in [1.165, 1.54) is 50.5 Å². The summed E-state index contributed by atoms with van der Waals surface area (Å²) in [6.45, 7) is 2.10. The molecule has 0 aliphatic carbocycles. The van der Waals surface area contributed by atoms with E-state index >= 15 is 0 Å². The van der Waals surface area contributed by atoms with E-state index in [1.54, 1.807) is 6.92 Å². The van der Waals surface area contributed by atoms with Crippen molar-refractivity contribution < 1.29 is 24.1 Å². The van der Waals surface area contributed by atoms with E-state index in [9.17, 15) is 9.90 Å². The lowest BCUT2D eigenvalue weighted by atomic mass is 9.95. The first-order valence-electron chi connectivity index (χ1n) is 10.9. The van der Waals surface area contributed by atoms with E-state index in [0.717, 1.165) is 37.2 Å². The number of rotatable bonds is 12. The van der Waals surface area contributed by atoms with Gasteiger partial charge in [-0.05, 0) is 43.9 Å². The van der Waals surface area contributed by atoms with Crippen LogP contribution < -0.4 is 9.47 Å². The molecule has 1 saturated heterocycles. The number of ether oxygens (including phenoxy) is 3. The monoisotopic (exact) mass is 390 g/mol. The van der Waals surface area contributed by atoms with Gasteiger partial charge in [-0.15, -0.1) is 0 Å². The summed E-state index contributed by atoms with van der Waals surface area (Å²) >= 11 is 0. The van der Waals surface area contributed by atoms with Gasteiger partial charge in [-0.3, -0.25) is 4.79 Å². The summed E-state index contributed by atoms with van der Waals surface area (Å²) in [6, 6.07) is 6.25. The predicted molar refractivity (Wildman–Crippen MR) is 107 cm³/mol. The molecule has 0 bridgehead atoms. The van der Waals surface area contributed by atoms with Gasteiger partial charge >= 0.3 is 5.97 Å². The summed E-state index contributed by atoms with van der Waals surface area (Å²) in [6.07, 6.45) is 11.9. The summed E-state index contributed by atoms with van der Waals surface area (Å²) in [5.41, 5.74) is 1.33. The van der Waals surface area contributed by atoms with Gasteiger partial charge < -0.3 is 19.3 Å². The summed E-state index contributed by atoms with van der Waals surface area (Å²) in [5.74, 6) is 1.21. The Bertz CT molecular complexity index is 629. The molecule has 1 aromatic rings. The largest absolute Gasteiger partial charge is 0.460 e. The smallest absolute Gasteiger partial charge is 0.312 e. The second-order valence-corrected chi connectivity index (χ2v) is 8.15. The number of carbonyl (C=O) groups is 1. The van der Waals surface area contributed by atoms with Gasteiger partial charge in [-0.25, -0.2) is 0 Å². The molecule has 0 saturated carbocycles. The fraction of sp³-hybridized carbons (Fsp3) is 0.696. The third-order valence-electron chi connectivity index (χ3n) is 5.92. The van der Waals surface area contributed by atoms with Crippen molar-refractivity contribution in [3.05, 3.63) is 23.8 Å². The SMILES string of the molecule is C[C@@H]1OC(=O)[C@@H](CCCCCCCCCCCc2ccc3c(c2)OCO3)[C@H]1O. The van der Waals surface area contributed by atoms with Crippen LogP contribution in [-0.2, 0) is 16.0 Å². The van der Waals surface area contributed by atoms with E-state index in [4.69, 9.17) is 14.2 Å². The molecule has 2 aliphatic heterocycles. The normalized spacial score (nSPS) is 23.2. The Morgan fingerprint density at radius 1 is 0.929 bits per heavy atom. The van der Waals surface area contributed by atoms with Gasteiger partial charge in [0.25, 0.3) is 0 Å². The molecule has 5 nitrogen and oxygen atoms in total. The van der Waals surface area contributed by atoms with Gasteiger partial charge in [0, 0.05) is 0 Å². The minimum Gasteiger partial charge on any atom is -0.460 e. The molecule has 2 heterocycles. The quantitative estimate of drug-likeness (QED) is 0.411. The van der Waals surface area contributed by atoms with Crippen molar-refractivity contribution in [3.63, 3.8) is 0 Å². The highest BCUT2D eigenvalue weighted by atomic mass is 16.7. The fourth-order valence-electron chi connectivity index (χ4n) is 4.12. The van der Waals surface area contributed by atoms with Crippen LogP contribution in [0, 0.1) is 5.92 Å². The van der Waals surface area contributed by atoms with Crippen molar-refractivity contribution >= 4 is 5.97 Å². The molecule has 3 atom stereocenters. The first kappa shape index (κ1) is 21.0. The lowest BCUT2D eigenvalue weighted by Crippen LogP contribution is -2.24. The third kappa shape index (κ3) is 5.87. The number of esters is 1. The molecule has 5 heteroatoms. The number of aliphatic hydroxyl groups excluding tert-OH is 1. The van der Waals surface area contributed by atoms with E-state index < -0.39 is 6.10 Å². The van der Waals surface area contributed by atoms with Crippen molar-refractivity contribution in [1.29, 1.82) is 0 Å². The van der Waals surface area contributed by atoms with E-state index in [-0.39, 0.29) is 18.0 Å². The molecule has 0 aromatic heterocycles. The second kappa shape index (κ2) is 10.7. The molecule has 0 unspecified atom stereocenters. The van der Waals surface area contributed by atoms with E-state index in [0.29, 0.717) is 6.79 Å². The number of aliphatic hydroxyl groups is 1. The van der Waals surface area contributed by atoms with Gasteiger partial charge in [-0.1, -0.05) is 57.4 Å². The maximum Gasteiger partial charge on any atom is 0.312 e. The van der Waals surface area contributed by atoms with Crippen molar-refractivity contribution in [2.45, 2.75) is 89.8 Å². The molecule has 0 spiro atoms. The predicted octanol–water partition coefficient (Wildman–Crippen LogP) is 4.78. The minimum atomic E-state index is -0.620. The summed E-state index contributed by atoms with van der Waals surface area (Å²) in [7, 11) is 0. The van der Waals surface area contributed by atoms with Crippen molar-refractivity contribution in [2.24, 2.45) is 5.92 Å². The Balaban J connectivity index is 1.13. The van der Waals surface area contributed by atoms with Crippen LogP contribution in [0.1, 0.15) is 76.7 Å². The van der Waals surface area contributed by atoms with Crippen LogP contribution in [0.4, 0.5) is 0 Å². The van der Waals surface area contributed by atoms with Crippen LogP contribution >= 0.6 is 0 Å². The van der Waals surface area contributed by atoms with Gasteiger partial charge in [0.2, 0.25) is 6.79 Å². The summed E-state index contributed by atoms with van der Waals surface area (Å²) in [4.78, 5) is 11.6. The van der Waals surface area contributed by atoms with E-state index in [2.05, 4.69) is 12.1 Å². The zero-order valence-electron chi connectivity index (χ0n) is 17.0. The Labute approximate surface area is 168 Å². The highest BCUT2D eigenvalue weighted by molar-refractivity contribution is 5.75.